The summed E-state index contributed by atoms with van der Waals surface area (Å²) in [7, 11) is 0. The minimum Gasteiger partial charge on any atom is -0.508 e. The second-order valence-corrected chi connectivity index (χ2v) is 3.15. The molecule has 0 saturated heterocycles. The molecule has 0 atom stereocenters. The third-order valence-corrected chi connectivity index (χ3v) is 2.41. The third-order valence-electron chi connectivity index (χ3n) is 2.41. The van der Waals surface area contributed by atoms with Gasteiger partial charge in [0.25, 0.3) is 0 Å². The summed E-state index contributed by atoms with van der Waals surface area (Å²) in [5, 5.41) is 9.61. The average molecular weight is 175 g/mol. The van der Waals surface area contributed by atoms with E-state index in [-0.39, 0.29) is 0 Å². The number of hydrogen-bond donors (Lipinski definition) is 1. The maximum absolute atomic E-state index is 9.61. The summed E-state index contributed by atoms with van der Waals surface area (Å²) >= 11 is 0. The van der Waals surface area contributed by atoms with Crippen LogP contribution in [0.15, 0.2) is 30.3 Å². The highest BCUT2D eigenvalue weighted by Gasteiger charge is 2.15. The molecule has 2 heteroatoms. The summed E-state index contributed by atoms with van der Waals surface area (Å²) in [6.45, 7) is 3.90. The lowest BCUT2D eigenvalue weighted by Crippen LogP contribution is -2.26. The first-order chi connectivity index (χ1) is 6.33. The average Bonchev–Trinajstić information content (AvgIpc) is 2.19. The predicted molar refractivity (Wildman–Crippen MR) is 54.9 cm³/mol. The summed E-state index contributed by atoms with van der Waals surface area (Å²) in [5.41, 5.74) is 2.07. The molecule has 0 bridgehead atoms. The molecule has 1 aromatic carbocycles. The molecule has 0 radical (unpaired) electrons. The molecule has 13 heavy (non-hydrogen) atoms. The molecule has 0 aromatic heterocycles. The maximum Gasteiger partial charge on any atom is 0.122 e. The Bertz CT molecular complexity index is 344. The molecule has 2 nitrogen and oxygen atoms in total. The zero-order chi connectivity index (χ0) is 9.26. The highest BCUT2D eigenvalue weighted by molar-refractivity contribution is 5.75. The van der Waals surface area contributed by atoms with Crippen molar-refractivity contribution < 1.29 is 5.11 Å². The SMILES string of the molecule is CCN1CC=C(O)c2ccccc21. The van der Waals surface area contributed by atoms with Gasteiger partial charge in [0.2, 0.25) is 0 Å². The first kappa shape index (κ1) is 8.17. The van der Waals surface area contributed by atoms with Crippen molar-refractivity contribution >= 4 is 11.4 Å². The first-order valence-electron chi connectivity index (χ1n) is 4.56. The third kappa shape index (κ3) is 1.28. The standard InChI is InChI=1S/C11H13NO/c1-2-12-8-7-11(13)9-5-3-4-6-10(9)12/h3-7,13H,2,8H2,1H3. The normalized spacial score (nSPS) is 15.2. The number of nitrogens with zero attached hydrogens (tertiary/aromatic N) is 1. The Kier molecular flexibility index (Phi) is 1.97. The summed E-state index contributed by atoms with van der Waals surface area (Å²) in [6, 6.07) is 7.94. The van der Waals surface area contributed by atoms with E-state index in [0.717, 1.165) is 24.3 Å². The lowest BCUT2D eigenvalue weighted by Gasteiger charge is -2.27. The molecule has 1 aliphatic rings. The molecule has 0 saturated carbocycles. The Morgan fingerprint density at radius 1 is 1.38 bits per heavy atom. The Balaban J connectivity index is 2.50. The fourth-order valence-electron chi connectivity index (χ4n) is 1.67. The summed E-state index contributed by atoms with van der Waals surface area (Å²) in [4.78, 5) is 2.23. The van der Waals surface area contributed by atoms with Crippen LogP contribution in [0.5, 0.6) is 0 Å². The smallest absolute Gasteiger partial charge is 0.122 e. The second-order valence-electron chi connectivity index (χ2n) is 3.15. The van der Waals surface area contributed by atoms with E-state index in [1.165, 1.54) is 0 Å². The second kappa shape index (κ2) is 3.13. The van der Waals surface area contributed by atoms with E-state index >= 15 is 0 Å². The fourth-order valence-corrected chi connectivity index (χ4v) is 1.67. The van der Waals surface area contributed by atoms with Crippen molar-refractivity contribution in [3.8, 4) is 0 Å². The number of para-hydroxylation sites is 1. The van der Waals surface area contributed by atoms with Crippen LogP contribution in [0.2, 0.25) is 0 Å². The van der Waals surface area contributed by atoms with Crippen LogP contribution in [-0.4, -0.2) is 18.2 Å². The quantitative estimate of drug-likeness (QED) is 0.708. The van der Waals surface area contributed by atoms with Crippen molar-refractivity contribution in [3.63, 3.8) is 0 Å². The van der Waals surface area contributed by atoms with Crippen molar-refractivity contribution in [2.45, 2.75) is 6.92 Å². The summed E-state index contributed by atoms with van der Waals surface area (Å²) < 4.78 is 0. The molecule has 0 amide bonds. The topological polar surface area (TPSA) is 23.5 Å². The molecule has 1 N–H and O–H groups in total. The Morgan fingerprint density at radius 2 is 2.15 bits per heavy atom. The molecule has 68 valence electrons. The van der Waals surface area contributed by atoms with Gasteiger partial charge in [-0.3, -0.25) is 0 Å². The maximum atomic E-state index is 9.61. The molecular formula is C11H13NO. The molecule has 0 spiro atoms. The van der Waals surface area contributed by atoms with Crippen LogP contribution in [0.1, 0.15) is 12.5 Å². The fraction of sp³-hybridized carbons (Fsp3) is 0.273. The van der Waals surface area contributed by atoms with Gasteiger partial charge in [-0.25, -0.2) is 0 Å². The van der Waals surface area contributed by atoms with Gasteiger partial charge in [0.05, 0.1) is 0 Å². The number of aliphatic hydroxyl groups excluding tert-OH is 1. The Hall–Kier alpha value is -1.44. The number of hydrogen-bond acceptors (Lipinski definition) is 2. The van der Waals surface area contributed by atoms with Gasteiger partial charge in [0.15, 0.2) is 0 Å². The van der Waals surface area contributed by atoms with Crippen LogP contribution in [0, 0.1) is 0 Å². The molecule has 1 aliphatic heterocycles. The minimum absolute atomic E-state index is 0.403. The van der Waals surface area contributed by atoms with Crippen molar-refractivity contribution in [2.24, 2.45) is 0 Å². The molecule has 0 unspecified atom stereocenters. The van der Waals surface area contributed by atoms with Crippen LogP contribution in [0.25, 0.3) is 5.76 Å². The van der Waals surface area contributed by atoms with E-state index in [9.17, 15) is 5.11 Å². The lowest BCUT2D eigenvalue weighted by molar-refractivity contribution is 0.507. The number of rotatable bonds is 1. The molecule has 2 rings (SSSR count). The van der Waals surface area contributed by atoms with Crippen molar-refractivity contribution in [2.75, 3.05) is 18.0 Å². The Labute approximate surface area is 78.1 Å². The van der Waals surface area contributed by atoms with Gasteiger partial charge < -0.3 is 10.0 Å². The number of likely N-dealkylation sites (N-methyl/N-ethyl adjacent to an activating group) is 1. The van der Waals surface area contributed by atoms with Crippen molar-refractivity contribution in [1.29, 1.82) is 0 Å². The molecule has 0 aliphatic carbocycles. The monoisotopic (exact) mass is 175 g/mol. The summed E-state index contributed by atoms with van der Waals surface area (Å²) in [6.07, 6.45) is 1.85. The van der Waals surface area contributed by atoms with Crippen molar-refractivity contribution in [1.82, 2.24) is 0 Å². The number of aliphatic hydroxyl groups is 1. The van der Waals surface area contributed by atoms with Gasteiger partial charge >= 0.3 is 0 Å². The molecule has 1 aromatic rings. The van der Waals surface area contributed by atoms with E-state index in [4.69, 9.17) is 0 Å². The van der Waals surface area contributed by atoms with E-state index < -0.39 is 0 Å². The summed E-state index contributed by atoms with van der Waals surface area (Å²) in [5.74, 6) is 0.403. The van der Waals surface area contributed by atoms with Crippen LogP contribution in [0.4, 0.5) is 5.69 Å². The number of fused-ring (bicyclic) bond motifs is 1. The molecule has 0 fully saturated rings. The van der Waals surface area contributed by atoms with Crippen LogP contribution >= 0.6 is 0 Å². The number of anilines is 1. The van der Waals surface area contributed by atoms with E-state index in [2.05, 4.69) is 11.8 Å². The zero-order valence-electron chi connectivity index (χ0n) is 7.70. The first-order valence-corrected chi connectivity index (χ1v) is 4.56. The van der Waals surface area contributed by atoms with Crippen LogP contribution in [-0.2, 0) is 0 Å². The number of benzene rings is 1. The van der Waals surface area contributed by atoms with E-state index in [1.807, 2.05) is 30.3 Å². The highest BCUT2D eigenvalue weighted by Crippen LogP contribution is 2.29. The van der Waals surface area contributed by atoms with Gasteiger partial charge in [0.1, 0.15) is 5.76 Å². The van der Waals surface area contributed by atoms with Gasteiger partial charge in [0, 0.05) is 24.3 Å². The largest absolute Gasteiger partial charge is 0.508 e. The van der Waals surface area contributed by atoms with E-state index in [1.54, 1.807) is 0 Å². The predicted octanol–water partition coefficient (Wildman–Crippen LogP) is 2.43. The van der Waals surface area contributed by atoms with Gasteiger partial charge in [-0.15, -0.1) is 0 Å². The molecular weight excluding hydrogens is 162 g/mol. The minimum atomic E-state index is 0.403. The van der Waals surface area contributed by atoms with Gasteiger partial charge in [-0.05, 0) is 25.1 Å². The van der Waals surface area contributed by atoms with E-state index in [0.29, 0.717) is 5.76 Å². The van der Waals surface area contributed by atoms with Gasteiger partial charge in [-0.1, -0.05) is 12.1 Å². The molecule has 1 heterocycles. The highest BCUT2D eigenvalue weighted by atomic mass is 16.3. The van der Waals surface area contributed by atoms with Gasteiger partial charge in [-0.2, -0.15) is 0 Å². The Morgan fingerprint density at radius 3 is 2.92 bits per heavy atom. The zero-order valence-corrected chi connectivity index (χ0v) is 7.70. The van der Waals surface area contributed by atoms with Crippen LogP contribution < -0.4 is 4.90 Å². The van der Waals surface area contributed by atoms with Crippen molar-refractivity contribution in [3.05, 3.63) is 35.9 Å². The van der Waals surface area contributed by atoms with Crippen LogP contribution in [0.3, 0.4) is 0 Å². The lowest BCUT2D eigenvalue weighted by atomic mass is 10.1.